The molecule has 0 spiro atoms. The molecule has 0 N–H and O–H groups in total. The maximum Gasteiger partial charge on any atom is 0.302 e. The number of carbonyl (C=O) groups excluding carboxylic acids is 2. The van der Waals surface area contributed by atoms with Crippen molar-refractivity contribution in [1.82, 2.24) is 0 Å². The average Bonchev–Trinajstić information content (AvgIpc) is 2.87. The van der Waals surface area contributed by atoms with Crippen LogP contribution in [0.5, 0.6) is 0 Å². The number of rotatable bonds is 3. The van der Waals surface area contributed by atoms with E-state index < -0.39 is 0 Å². The van der Waals surface area contributed by atoms with E-state index in [0.29, 0.717) is 24.2 Å². The van der Waals surface area contributed by atoms with Crippen molar-refractivity contribution >= 4 is 11.8 Å². The van der Waals surface area contributed by atoms with Crippen LogP contribution in [-0.4, -0.2) is 17.9 Å². The van der Waals surface area contributed by atoms with Crippen LogP contribution in [0.3, 0.4) is 0 Å². The summed E-state index contributed by atoms with van der Waals surface area (Å²) in [5.74, 6) is 1.67. The van der Waals surface area contributed by atoms with Crippen LogP contribution in [0.25, 0.3) is 0 Å². The largest absolute Gasteiger partial charge is 0.461 e. The predicted octanol–water partition coefficient (Wildman–Crippen LogP) is 4.93. The number of esters is 1. The molecule has 3 nitrogen and oxygen atoms in total. The summed E-state index contributed by atoms with van der Waals surface area (Å²) in [5.41, 5.74) is 4.12. The number of ketones is 1. The molecular formula is C23H30O3. The van der Waals surface area contributed by atoms with E-state index in [4.69, 9.17) is 4.74 Å². The van der Waals surface area contributed by atoms with Gasteiger partial charge in [-0.2, -0.15) is 0 Å². The quantitative estimate of drug-likeness (QED) is 0.675. The summed E-state index contributed by atoms with van der Waals surface area (Å²) < 4.78 is 5.89. The predicted molar refractivity (Wildman–Crippen MR) is 101 cm³/mol. The van der Waals surface area contributed by atoms with E-state index in [0.717, 1.165) is 38.5 Å². The molecule has 0 unspecified atom stereocenters. The SMILES string of the molecule is CCC[C@@H]1C[C@H]2[C@@H]3CCC4=CC(=O)CCC4=C3C=C[C@]2(C)[C@H]1OC(C)=O. The van der Waals surface area contributed by atoms with Gasteiger partial charge in [0.1, 0.15) is 6.10 Å². The summed E-state index contributed by atoms with van der Waals surface area (Å²) in [4.78, 5) is 23.6. The van der Waals surface area contributed by atoms with Crippen molar-refractivity contribution in [3.63, 3.8) is 0 Å². The van der Waals surface area contributed by atoms with Crippen molar-refractivity contribution in [1.29, 1.82) is 0 Å². The van der Waals surface area contributed by atoms with Gasteiger partial charge in [0, 0.05) is 18.8 Å². The third-order valence-electron chi connectivity index (χ3n) is 7.27. The normalized spacial score (nSPS) is 38.4. The zero-order valence-electron chi connectivity index (χ0n) is 16.2. The Balaban J connectivity index is 1.74. The summed E-state index contributed by atoms with van der Waals surface area (Å²) in [5, 5.41) is 0. The Morgan fingerprint density at radius 2 is 2.12 bits per heavy atom. The number of carbonyl (C=O) groups is 2. The molecule has 0 aromatic heterocycles. The second-order valence-corrected chi connectivity index (χ2v) is 8.84. The number of allylic oxidation sites excluding steroid dienone is 5. The minimum atomic E-state index is -0.157. The standard InChI is InChI=1S/C23H30O3/c1-4-5-16-13-21-20-8-6-15-12-17(25)7-9-18(15)19(20)10-11-23(21,3)22(16)26-14(2)24/h10-12,16,20-22H,4-9,13H2,1-3H3/t16-,20-,21+,22+,23+/m1/s1. The Hall–Kier alpha value is -1.64. The zero-order valence-corrected chi connectivity index (χ0v) is 16.2. The molecule has 4 rings (SSSR count). The van der Waals surface area contributed by atoms with Gasteiger partial charge in [0.15, 0.2) is 5.78 Å². The van der Waals surface area contributed by atoms with Crippen molar-refractivity contribution in [3.8, 4) is 0 Å². The Morgan fingerprint density at radius 1 is 1.31 bits per heavy atom. The van der Waals surface area contributed by atoms with Crippen LogP contribution in [0.2, 0.25) is 0 Å². The van der Waals surface area contributed by atoms with Crippen molar-refractivity contribution in [2.75, 3.05) is 0 Å². The lowest BCUT2D eigenvalue weighted by molar-refractivity contribution is -0.153. The highest BCUT2D eigenvalue weighted by atomic mass is 16.5. The summed E-state index contributed by atoms with van der Waals surface area (Å²) in [7, 11) is 0. The summed E-state index contributed by atoms with van der Waals surface area (Å²) >= 11 is 0. The molecule has 140 valence electrons. The monoisotopic (exact) mass is 354 g/mol. The van der Waals surface area contributed by atoms with Gasteiger partial charge >= 0.3 is 5.97 Å². The van der Waals surface area contributed by atoms with Crippen molar-refractivity contribution < 1.29 is 14.3 Å². The van der Waals surface area contributed by atoms with Gasteiger partial charge < -0.3 is 4.74 Å². The first kappa shape index (κ1) is 17.8. The van der Waals surface area contributed by atoms with Gasteiger partial charge in [0.2, 0.25) is 0 Å². The minimum absolute atomic E-state index is 0.00220. The molecule has 0 heterocycles. The Bertz CT molecular complexity index is 726. The van der Waals surface area contributed by atoms with E-state index in [9.17, 15) is 9.59 Å². The maximum atomic E-state index is 11.8. The Kier molecular flexibility index (Phi) is 4.45. The number of ether oxygens (including phenoxy) is 1. The first-order valence-corrected chi connectivity index (χ1v) is 10.3. The van der Waals surface area contributed by atoms with Crippen molar-refractivity contribution in [3.05, 3.63) is 34.9 Å². The van der Waals surface area contributed by atoms with Gasteiger partial charge in [-0.25, -0.2) is 0 Å². The van der Waals surface area contributed by atoms with Gasteiger partial charge in [-0.1, -0.05) is 32.4 Å². The molecule has 1 saturated carbocycles. The second-order valence-electron chi connectivity index (χ2n) is 8.84. The van der Waals surface area contributed by atoms with Gasteiger partial charge in [-0.05, 0) is 72.7 Å². The van der Waals surface area contributed by atoms with Gasteiger partial charge in [0.25, 0.3) is 0 Å². The van der Waals surface area contributed by atoms with E-state index in [2.05, 4.69) is 26.0 Å². The van der Waals surface area contributed by atoms with Crippen LogP contribution in [0.4, 0.5) is 0 Å². The third-order valence-corrected chi connectivity index (χ3v) is 7.27. The van der Waals surface area contributed by atoms with Gasteiger partial charge in [-0.3, -0.25) is 9.59 Å². The molecule has 26 heavy (non-hydrogen) atoms. The topological polar surface area (TPSA) is 43.4 Å². The zero-order chi connectivity index (χ0) is 18.5. The van der Waals surface area contributed by atoms with Crippen LogP contribution in [0.1, 0.15) is 65.7 Å². The fraction of sp³-hybridized carbons (Fsp3) is 0.652. The van der Waals surface area contributed by atoms with E-state index >= 15 is 0 Å². The van der Waals surface area contributed by atoms with Crippen molar-refractivity contribution in [2.45, 2.75) is 71.8 Å². The minimum Gasteiger partial charge on any atom is -0.461 e. The number of hydrogen-bond donors (Lipinski definition) is 0. The highest BCUT2D eigenvalue weighted by Crippen LogP contribution is 2.60. The van der Waals surface area contributed by atoms with E-state index in [1.165, 1.54) is 23.6 Å². The highest BCUT2D eigenvalue weighted by Gasteiger charge is 2.56. The average molecular weight is 354 g/mol. The lowest BCUT2D eigenvalue weighted by atomic mass is 9.60. The summed E-state index contributed by atoms with van der Waals surface area (Å²) in [6.07, 6.45) is 13.6. The Morgan fingerprint density at radius 3 is 2.85 bits per heavy atom. The van der Waals surface area contributed by atoms with Crippen LogP contribution in [0, 0.1) is 23.2 Å². The van der Waals surface area contributed by atoms with E-state index in [1.807, 2.05) is 6.08 Å². The molecule has 1 fully saturated rings. The first-order valence-electron chi connectivity index (χ1n) is 10.3. The molecule has 4 aliphatic carbocycles. The van der Waals surface area contributed by atoms with Gasteiger partial charge in [-0.15, -0.1) is 0 Å². The molecule has 0 amide bonds. The van der Waals surface area contributed by atoms with Crippen LogP contribution in [-0.2, 0) is 14.3 Å². The van der Waals surface area contributed by atoms with Crippen molar-refractivity contribution in [2.24, 2.45) is 23.2 Å². The fourth-order valence-corrected chi connectivity index (χ4v) is 6.20. The lowest BCUT2D eigenvalue weighted by Crippen LogP contribution is -2.41. The van der Waals surface area contributed by atoms with Crippen LogP contribution in [0.15, 0.2) is 34.9 Å². The molecule has 0 saturated heterocycles. The fourth-order valence-electron chi connectivity index (χ4n) is 6.20. The lowest BCUT2D eigenvalue weighted by Gasteiger charge is -2.45. The molecule has 0 bridgehead atoms. The Labute approximate surface area is 156 Å². The highest BCUT2D eigenvalue weighted by molar-refractivity contribution is 5.93. The molecule has 0 aromatic carbocycles. The molecule has 0 radical (unpaired) electrons. The second kappa shape index (κ2) is 6.51. The van der Waals surface area contributed by atoms with E-state index in [-0.39, 0.29) is 23.3 Å². The first-order chi connectivity index (χ1) is 12.4. The summed E-state index contributed by atoms with van der Waals surface area (Å²) in [6, 6.07) is 0. The number of fused-ring (bicyclic) bond motifs is 4. The molecular weight excluding hydrogens is 324 g/mol. The van der Waals surface area contributed by atoms with Gasteiger partial charge in [0.05, 0.1) is 0 Å². The number of hydrogen-bond acceptors (Lipinski definition) is 3. The van der Waals surface area contributed by atoms with Crippen LogP contribution < -0.4 is 0 Å². The van der Waals surface area contributed by atoms with Crippen LogP contribution >= 0.6 is 0 Å². The maximum absolute atomic E-state index is 11.8. The molecule has 4 aliphatic rings. The molecule has 5 atom stereocenters. The molecule has 0 aromatic rings. The van der Waals surface area contributed by atoms with E-state index in [1.54, 1.807) is 0 Å². The molecule has 0 aliphatic heterocycles. The molecule has 3 heteroatoms. The smallest absolute Gasteiger partial charge is 0.302 e. The third kappa shape index (κ3) is 2.71. The summed E-state index contributed by atoms with van der Waals surface area (Å²) in [6.45, 7) is 6.06.